The van der Waals surface area contributed by atoms with Gasteiger partial charge in [-0.05, 0) is 24.6 Å². The van der Waals surface area contributed by atoms with Crippen LogP contribution in [-0.2, 0) is 6.54 Å². The Hall–Kier alpha value is -2.17. The van der Waals surface area contributed by atoms with Crippen molar-refractivity contribution in [2.75, 3.05) is 24.8 Å². The number of rotatable bonds is 4. The third-order valence-corrected chi connectivity index (χ3v) is 2.77. The highest BCUT2D eigenvalue weighted by Crippen LogP contribution is 2.21. The van der Waals surface area contributed by atoms with E-state index in [1.54, 1.807) is 7.11 Å². The fraction of sp³-hybridized carbons (Fsp3) is 0.308. The number of imidazole rings is 1. The highest BCUT2D eigenvalue weighted by atomic mass is 16.5. The zero-order chi connectivity index (χ0) is 13.1. The van der Waals surface area contributed by atoms with Gasteiger partial charge in [0, 0.05) is 13.6 Å². The summed E-state index contributed by atoms with van der Waals surface area (Å²) in [4.78, 5) is 9.37. The summed E-state index contributed by atoms with van der Waals surface area (Å²) in [5.41, 5.74) is 7.04. The summed E-state index contributed by atoms with van der Waals surface area (Å²) in [5, 5.41) is 0. The number of hydrogen-bond donors (Lipinski definition) is 2. The van der Waals surface area contributed by atoms with E-state index in [1.165, 1.54) is 5.56 Å². The zero-order valence-electron chi connectivity index (χ0n) is 10.9. The molecule has 0 saturated carbocycles. The summed E-state index contributed by atoms with van der Waals surface area (Å²) in [6.07, 6.45) is 0. The predicted octanol–water partition coefficient (Wildman–Crippen LogP) is 1.95. The summed E-state index contributed by atoms with van der Waals surface area (Å²) in [6.45, 7) is 2.64. The van der Waals surface area contributed by atoms with Crippen molar-refractivity contribution < 1.29 is 4.74 Å². The van der Waals surface area contributed by atoms with Crippen LogP contribution in [0, 0.1) is 6.92 Å². The lowest BCUT2D eigenvalue weighted by molar-refractivity contribution is 0.414. The quantitative estimate of drug-likeness (QED) is 0.865. The molecule has 0 unspecified atom stereocenters. The molecule has 0 saturated heterocycles. The number of methoxy groups -OCH3 is 1. The van der Waals surface area contributed by atoms with E-state index >= 15 is 0 Å². The van der Waals surface area contributed by atoms with E-state index in [0.717, 1.165) is 23.9 Å². The van der Waals surface area contributed by atoms with Crippen molar-refractivity contribution >= 4 is 11.6 Å². The minimum atomic E-state index is 0.600. The number of nitrogens with zero attached hydrogens (tertiary/aromatic N) is 2. The number of hydrogen-bond acceptors (Lipinski definition) is 4. The van der Waals surface area contributed by atoms with Gasteiger partial charge in [-0.2, -0.15) is 0 Å². The minimum Gasteiger partial charge on any atom is -0.497 e. The Labute approximate surface area is 107 Å². The normalized spacial score (nSPS) is 10.4. The molecular formula is C13H18N4O. The van der Waals surface area contributed by atoms with Crippen molar-refractivity contribution in [3.05, 3.63) is 35.7 Å². The highest BCUT2D eigenvalue weighted by molar-refractivity contribution is 5.58. The molecule has 2 rings (SSSR count). The van der Waals surface area contributed by atoms with Crippen LogP contribution in [0.1, 0.15) is 11.4 Å². The highest BCUT2D eigenvalue weighted by Gasteiger charge is 2.10. The molecule has 0 radical (unpaired) electrons. The fourth-order valence-electron chi connectivity index (χ4n) is 1.87. The van der Waals surface area contributed by atoms with Crippen molar-refractivity contribution in [3.8, 4) is 5.75 Å². The van der Waals surface area contributed by atoms with E-state index in [0.29, 0.717) is 5.82 Å². The SMILES string of the molecule is COc1ccc(CN(C)c2nc(C)[nH]c2N)cc1. The van der Waals surface area contributed by atoms with Gasteiger partial charge in [-0.25, -0.2) is 4.98 Å². The smallest absolute Gasteiger partial charge is 0.171 e. The second kappa shape index (κ2) is 5.00. The van der Waals surface area contributed by atoms with Crippen LogP contribution in [0.3, 0.4) is 0 Å². The molecule has 2 aromatic rings. The molecule has 5 heteroatoms. The molecule has 18 heavy (non-hydrogen) atoms. The standard InChI is InChI=1S/C13H18N4O/c1-9-15-12(14)13(16-9)17(2)8-10-4-6-11(18-3)7-5-10/h4-7H,8,14H2,1-3H3,(H,15,16). The lowest BCUT2D eigenvalue weighted by Crippen LogP contribution is -2.18. The average molecular weight is 246 g/mol. The van der Waals surface area contributed by atoms with Crippen molar-refractivity contribution in [2.24, 2.45) is 0 Å². The second-order valence-corrected chi connectivity index (χ2v) is 4.26. The Kier molecular flexibility index (Phi) is 3.41. The molecule has 3 N–H and O–H groups in total. The van der Waals surface area contributed by atoms with Gasteiger partial charge in [-0.3, -0.25) is 0 Å². The van der Waals surface area contributed by atoms with Gasteiger partial charge in [0.2, 0.25) is 0 Å². The number of nitrogens with two attached hydrogens (primary N) is 1. The number of anilines is 2. The summed E-state index contributed by atoms with van der Waals surface area (Å²) < 4.78 is 5.13. The van der Waals surface area contributed by atoms with Gasteiger partial charge in [0.05, 0.1) is 7.11 Å². The largest absolute Gasteiger partial charge is 0.497 e. The van der Waals surface area contributed by atoms with Crippen LogP contribution in [0.25, 0.3) is 0 Å². The van der Waals surface area contributed by atoms with Gasteiger partial charge in [-0.1, -0.05) is 12.1 Å². The topological polar surface area (TPSA) is 67.2 Å². The van der Waals surface area contributed by atoms with E-state index in [4.69, 9.17) is 10.5 Å². The summed E-state index contributed by atoms with van der Waals surface area (Å²) >= 11 is 0. The predicted molar refractivity (Wildman–Crippen MR) is 72.8 cm³/mol. The third kappa shape index (κ3) is 2.56. The molecule has 0 atom stereocenters. The molecule has 1 aromatic carbocycles. The minimum absolute atomic E-state index is 0.600. The molecule has 0 bridgehead atoms. The van der Waals surface area contributed by atoms with E-state index in [1.807, 2.05) is 43.1 Å². The van der Waals surface area contributed by atoms with Gasteiger partial charge in [-0.15, -0.1) is 0 Å². The number of nitrogens with one attached hydrogen (secondary N) is 1. The first-order valence-corrected chi connectivity index (χ1v) is 5.76. The van der Waals surface area contributed by atoms with Gasteiger partial charge in [0.1, 0.15) is 17.4 Å². The Morgan fingerprint density at radius 2 is 2.00 bits per heavy atom. The van der Waals surface area contributed by atoms with Crippen LogP contribution in [-0.4, -0.2) is 24.1 Å². The van der Waals surface area contributed by atoms with Crippen LogP contribution in [0.15, 0.2) is 24.3 Å². The third-order valence-electron chi connectivity index (χ3n) is 2.77. The number of aromatic nitrogens is 2. The molecule has 1 heterocycles. The molecule has 96 valence electrons. The molecule has 0 amide bonds. The number of aryl methyl sites for hydroxylation is 1. The number of nitrogen functional groups attached to an aromatic ring is 1. The molecule has 0 fully saturated rings. The van der Waals surface area contributed by atoms with Crippen LogP contribution in [0.4, 0.5) is 11.6 Å². The van der Waals surface area contributed by atoms with Crippen molar-refractivity contribution in [1.82, 2.24) is 9.97 Å². The van der Waals surface area contributed by atoms with Crippen LogP contribution in [0.5, 0.6) is 5.75 Å². The number of benzene rings is 1. The zero-order valence-corrected chi connectivity index (χ0v) is 10.9. The first-order chi connectivity index (χ1) is 8.60. The summed E-state index contributed by atoms with van der Waals surface area (Å²) in [5.74, 6) is 3.06. The average Bonchev–Trinajstić information content (AvgIpc) is 2.69. The maximum atomic E-state index is 5.86. The van der Waals surface area contributed by atoms with E-state index < -0.39 is 0 Å². The Bertz CT molecular complexity index is 518. The molecule has 0 spiro atoms. The Morgan fingerprint density at radius 3 is 2.50 bits per heavy atom. The second-order valence-electron chi connectivity index (χ2n) is 4.26. The summed E-state index contributed by atoms with van der Waals surface area (Å²) in [6, 6.07) is 7.96. The maximum Gasteiger partial charge on any atom is 0.171 e. The molecule has 0 aliphatic heterocycles. The first kappa shape index (κ1) is 12.3. The number of aromatic amines is 1. The van der Waals surface area contributed by atoms with E-state index in [2.05, 4.69) is 9.97 Å². The van der Waals surface area contributed by atoms with Crippen molar-refractivity contribution in [2.45, 2.75) is 13.5 Å². The van der Waals surface area contributed by atoms with E-state index in [9.17, 15) is 0 Å². The molecule has 0 aliphatic carbocycles. The summed E-state index contributed by atoms with van der Waals surface area (Å²) in [7, 11) is 3.63. The molecule has 1 aromatic heterocycles. The van der Waals surface area contributed by atoms with Gasteiger partial charge in [0.25, 0.3) is 0 Å². The Balaban J connectivity index is 2.10. The monoisotopic (exact) mass is 246 g/mol. The van der Waals surface area contributed by atoms with Crippen molar-refractivity contribution in [1.29, 1.82) is 0 Å². The number of H-pyrrole nitrogens is 1. The maximum absolute atomic E-state index is 5.86. The van der Waals surface area contributed by atoms with Crippen LogP contribution < -0.4 is 15.4 Å². The Morgan fingerprint density at radius 1 is 1.33 bits per heavy atom. The van der Waals surface area contributed by atoms with Gasteiger partial charge < -0.3 is 20.4 Å². The van der Waals surface area contributed by atoms with Gasteiger partial charge in [0.15, 0.2) is 5.82 Å². The lowest BCUT2D eigenvalue weighted by atomic mass is 10.2. The lowest BCUT2D eigenvalue weighted by Gasteiger charge is -2.17. The van der Waals surface area contributed by atoms with Crippen LogP contribution in [0.2, 0.25) is 0 Å². The molecular weight excluding hydrogens is 228 g/mol. The van der Waals surface area contributed by atoms with E-state index in [-0.39, 0.29) is 0 Å². The molecule has 5 nitrogen and oxygen atoms in total. The molecule has 0 aliphatic rings. The van der Waals surface area contributed by atoms with Crippen molar-refractivity contribution in [3.63, 3.8) is 0 Å². The van der Waals surface area contributed by atoms with Crippen LogP contribution >= 0.6 is 0 Å². The number of ether oxygens (including phenoxy) is 1. The van der Waals surface area contributed by atoms with Gasteiger partial charge >= 0.3 is 0 Å². The fourth-order valence-corrected chi connectivity index (χ4v) is 1.87. The first-order valence-electron chi connectivity index (χ1n) is 5.76.